The van der Waals surface area contributed by atoms with Gasteiger partial charge in [0.15, 0.2) is 0 Å². The molecule has 0 bridgehead atoms. The zero-order chi connectivity index (χ0) is 15.5. The van der Waals surface area contributed by atoms with Crippen LogP contribution in [0.25, 0.3) is 5.65 Å². The highest BCUT2D eigenvalue weighted by Gasteiger charge is 2.23. The van der Waals surface area contributed by atoms with Gasteiger partial charge in [0, 0.05) is 43.1 Å². The van der Waals surface area contributed by atoms with Crippen molar-refractivity contribution < 1.29 is 4.74 Å². The van der Waals surface area contributed by atoms with Gasteiger partial charge in [-0.3, -0.25) is 9.30 Å². The fourth-order valence-corrected chi connectivity index (χ4v) is 3.81. The minimum Gasteiger partial charge on any atom is -0.379 e. The van der Waals surface area contributed by atoms with Crippen molar-refractivity contribution in [2.24, 2.45) is 0 Å². The maximum Gasteiger partial charge on any atom is 0.208 e. The van der Waals surface area contributed by atoms with Crippen LogP contribution < -0.4 is 5.32 Å². The van der Waals surface area contributed by atoms with Crippen LogP contribution in [-0.2, 0) is 4.74 Å². The fourth-order valence-electron chi connectivity index (χ4n) is 2.95. The molecule has 0 amide bonds. The Balaban J connectivity index is 1.54. The van der Waals surface area contributed by atoms with Crippen molar-refractivity contribution >= 4 is 22.9 Å². The Hall–Kier alpha value is -1.96. The van der Waals surface area contributed by atoms with E-state index in [0.717, 1.165) is 44.4 Å². The van der Waals surface area contributed by atoms with E-state index in [1.807, 2.05) is 16.7 Å². The van der Waals surface area contributed by atoms with Crippen molar-refractivity contribution in [3.05, 3.63) is 47.0 Å². The molecule has 0 spiro atoms. The third kappa shape index (κ3) is 3.08. The number of aromatic nitrogens is 3. The van der Waals surface area contributed by atoms with Gasteiger partial charge in [-0.2, -0.15) is 0 Å². The molecule has 1 unspecified atom stereocenters. The van der Waals surface area contributed by atoms with Gasteiger partial charge in [0.05, 0.1) is 19.3 Å². The molecule has 0 aromatic carbocycles. The van der Waals surface area contributed by atoms with Gasteiger partial charge in [-0.15, -0.1) is 11.3 Å². The lowest BCUT2D eigenvalue weighted by atomic mass is 10.2. The lowest BCUT2D eigenvalue weighted by Gasteiger charge is -2.34. The van der Waals surface area contributed by atoms with E-state index in [9.17, 15) is 0 Å². The second-order valence-electron chi connectivity index (χ2n) is 5.48. The van der Waals surface area contributed by atoms with Gasteiger partial charge < -0.3 is 10.1 Å². The number of ether oxygens (including phenoxy) is 1. The number of thiophene rings is 1. The first-order valence-corrected chi connectivity index (χ1v) is 8.67. The van der Waals surface area contributed by atoms with Crippen molar-refractivity contribution in [2.75, 3.05) is 38.2 Å². The third-order valence-corrected chi connectivity index (χ3v) is 5.10. The van der Waals surface area contributed by atoms with Gasteiger partial charge in [0.25, 0.3) is 0 Å². The first-order valence-electron chi connectivity index (χ1n) is 7.79. The average molecular weight is 329 g/mol. The van der Waals surface area contributed by atoms with Crippen molar-refractivity contribution in [1.29, 1.82) is 0 Å². The zero-order valence-electron chi connectivity index (χ0n) is 12.8. The summed E-state index contributed by atoms with van der Waals surface area (Å²) < 4.78 is 7.47. The Labute approximate surface area is 138 Å². The highest BCUT2D eigenvalue weighted by Crippen LogP contribution is 2.26. The van der Waals surface area contributed by atoms with E-state index in [4.69, 9.17) is 4.74 Å². The number of fused-ring (bicyclic) bond motifs is 1. The molecule has 6 nitrogen and oxygen atoms in total. The van der Waals surface area contributed by atoms with E-state index in [-0.39, 0.29) is 0 Å². The van der Waals surface area contributed by atoms with Crippen LogP contribution >= 0.6 is 11.3 Å². The van der Waals surface area contributed by atoms with Crippen LogP contribution in [0.4, 0.5) is 5.95 Å². The normalized spacial score (nSPS) is 17.4. The molecule has 1 N–H and O–H groups in total. The van der Waals surface area contributed by atoms with E-state index >= 15 is 0 Å². The summed E-state index contributed by atoms with van der Waals surface area (Å²) in [6.07, 6.45) is 5.51. The number of imidazole rings is 1. The van der Waals surface area contributed by atoms with Gasteiger partial charge in [0.1, 0.15) is 5.65 Å². The lowest BCUT2D eigenvalue weighted by molar-refractivity contribution is 0.0193. The van der Waals surface area contributed by atoms with E-state index in [2.05, 4.69) is 37.7 Å². The highest BCUT2D eigenvalue weighted by molar-refractivity contribution is 7.10. The Morgan fingerprint density at radius 1 is 1.22 bits per heavy atom. The first kappa shape index (κ1) is 14.6. The molecule has 1 atom stereocenters. The minimum atomic E-state index is 0.333. The summed E-state index contributed by atoms with van der Waals surface area (Å²) in [5.41, 5.74) is 0.904. The number of morpholine rings is 1. The Morgan fingerprint density at radius 3 is 2.96 bits per heavy atom. The zero-order valence-corrected chi connectivity index (χ0v) is 13.6. The molecule has 1 aliphatic rings. The molecule has 7 heteroatoms. The van der Waals surface area contributed by atoms with Crippen LogP contribution in [0.3, 0.4) is 0 Å². The summed E-state index contributed by atoms with van der Waals surface area (Å²) in [5, 5.41) is 5.63. The van der Waals surface area contributed by atoms with Crippen LogP contribution in [0.15, 0.2) is 42.2 Å². The summed E-state index contributed by atoms with van der Waals surface area (Å²) in [7, 11) is 0. The lowest BCUT2D eigenvalue weighted by Crippen LogP contribution is -2.41. The van der Waals surface area contributed by atoms with Crippen molar-refractivity contribution in [3.8, 4) is 0 Å². The maximum absolute atomic E-state index is 5.49. The monoisotopic (exact) mass is 329 g/mol. The maximum atomic E-state index is 5.49. The van der Waals surface area contributed by atoms with Crippen LogP contribution in [0, 0.1) is 0 Å². The molecule has 0 radical (unpaired) electrons. The molecule has 4 rings (SSSR count). The summed E-state index contributed by atoms with van der Waals surface area (Å²) in [6.45, 7) is 4.35. The highest BCUT2D eigenvalue weighted by atomic mass is 32.1. The van der Waals surface area contributed by atoms with Gasteiger partial charge in [-0.1, -0.05) is 6.07 Å². The minimum absolute atomic E-state index is 0.333. The predicted molar refractivity (Wildman–Crippen MR) is 90.9 cm³/mol. The summed E-state index contributed by atoms with van der Waals surface area (Å²) in [6, 6.07) is 6.56. The molecule has 3 aromatic heterocycles. The molecule has 3 aromatic rings. The first-order chi connectivity index (χ1) is 11.4. The van der Waals surface area contributed by atoms with Gasteiger partial charge >= 0.3 is 0 Å². The standard InChI is InChI=1S/C16H19N5OS/c1-2-14(23-11-1)13(20-7-9-22-10-8-20)12-19-16-18-4-3-15-17-5-6-21(15)16/h1-6,11,13H,7-10,12H2,(H,18,19). The number of hydrogen-bond acceptors (Lipinski definition) is 6. The van der Waals surface area contributed by atoms with Crippen molar-refractivity contribution in [2.45, 2.75) is 6.04 Å². The summed E-state index contributed by atoms with van der Waals surface area (Å²) >= 11 is 1.80. The second-order valence-corrected chi connectivity index (χ2v) is 6.46. The molecular weight excluding hydrogens is 310 g/mol. The Morgan fingerprint density at radius 2 is 2.13 bits per heavy atom. The van der Waals surface area contributed by atoms with Crippen molar-refractivity contribution in [1.82, 2.24) is 19.3 Å². The summed E-state index contributed by atoms with van der Waals surface area (Å²) in [5.74, 6) is 0.829. The third-order valence-electron chi connectivity index (χ3n) is 4.13. The molecule has 120 valence electrons. The van der Waals surface area contributed by atoms with E-state index in [0.29, 0.717) is 6.04 Å². The number of nitrogens with one attached hydrogen (secondary N) is 1. The molecule has 1 fully saturated rings. The molecular formula is C16H19N5OS. The molecule has 23 heavy (non-hydrogen) atoms. The van der Waals surface area contributed by atoms with Gasteiger partial charge in [0.2, 0.25) is 5.95 Å². The SMILES string of the molecule is c1csc(C(CNc2nccc3nccn23)N2CCOCC2)c1. The molecule has 4 heterocycles. The number of hydrogen-bond donors (Lipinski definition) is 1. The largest absolute Gasteiger partial charge is 0.379 e. The van der Waals surface area contributed by atoms with Crippen LogP contribution in [0.2, 0.25) is 0 Å². The van der Waals surface area contributed by atoms with Crippen LogP contribution in [0.1, 0.15) is 10.9 Å². The number of anilines is 1. The Kier molecular flexibility index (Phi) is 4.23. The average Bonchev–Trinajstić information content (AvgIpc) is 3.28. The van der Waals surface area contributed by atoms with Gasteiger partial charge in [-0.25, -0.2) is 9.97 Å². The fraction of sp³-hybridized carbons (Fsp3) is 0.375. The summed E-state index contributed by atoms with van der Waals surface area (Å²) in [4.78, 5) is 12.6. The molecule has 1 aliphatic heterocycles. The van der Waals surface area contributed by atoms with Crippen LogP contribution in [-0.4, -0.2) is 52.1 Å². The topological polar surface area (TPSA) is 54.7 Å². The van der Waals surface area contributed by atoms with E-state index in [1.165, 1.54) is 4.88 Å². The molecule has 0 saturated carbocycles. The molecule has 1 saturated heterocycles. The Bertz CT molecular complexity index is 751. The van der Waals surface area contributed by atoms with Crippen molar-refractivity contribution in [3.63, 3.8) is 0 Å². The van der Waals surface area contributed by atoms with Crippen LogP contribution in [0.5, 0.6) is 0 Å². The van der Waals surface area contributed by atoms with E-state index < -0.39 is 0 Å². The van der Waals surface area contributed by atoms with Gasteiger partial charge in [-0.05, 0) is 17.5 Å². The van der Waals surface area contributed by atoms with E-state index in [1.54, 1.807) is 23.7 Å². The quantitative estimate of drug-likeness (QED) is 0.778. The number of rotatable bonds is 5. The molecule has 0 aliphatic carbocycles. The smallest absolute Gasteiger partial charge is 0.208 e. The second kappa shape index (κ2) is 6.66. The number of nitrogens with zero attached hydrogens (tertiary/aromatic N) is 4. The predicted octanol–water partition coefficient (Wildman–Crippen LogP) is 2.28.